The van der Waals surface area contributed by atoms with E-state index >= 15 is 0 Å². The maximum Gasteiger partial charge on any atom is 0.242 e. The van der Waals surface area contributed by atoms with Crippen molar-refractivity contribution >= 4 is 29.3 Å². The maximum absolute atomic E-state index is 12.3. The Morgan fingerprint density at radius 1 is 1.00 bits per heavy atom. The third-order valence-electron chi connectivity index (χ3n) is 4.01. The van der Waals surface area contributed by atoms with Gasteiger partial charge in [-0.3, -0.25) is 14.4 Å². The van der Waals surface area contributed by atoms with Gasteiger partial charge in [0.15, 0.2) is 0 Å². The molecule has 7 heteroatoms. The van der Waals surface area contributed by atoms with Crippen molar-refractivity contribution in [2.24, 2.45) is 0 Å². The Kier molecular flexibility index (Phi) is 6.61. The first-order valence-electron chi connectivity index (χ1n) is 8.06. The van der Waals surface area contributed by atoms with Crippen molar-refractivity contribution in [3.63, 3.8) is 0 Å². The van der Waals surface area contributed by atoms with E-state index in [1.165, 1.54) is 0 Å². The number of nitrogens with one attached hydrogen (secondary N) is 1. The normalized spacial score (nSPS) is 14.4. The van der Waals surface area contributed by atoms with E-state index in [4.69, 9.17) is 11.6 Å². The fourth-order valence-electron chi connectivity index (χ4n) is 2.50. The van der Waals surface area contributed by atoms with Crippen molar-refractivity contribution < 1.29 is 14.4 Å². The van der Waals surface area contributed by atoms with Gasteiger partial charge in [0, 0.05) is 37.6 Å². The largest absolute Gasteiger partial charge is 0.347 e. The third-order valence-corrected chi connectivity index (χ3v) is 4.26. The number of hydrogen-bond donors (Lipinski definition) is 1. The third kappa shape index (κ3) is 5.23. The monoisotopic (exact) mass is 351 g/mol. The molecule has 1 aromatic rings. The second-order valence-corrected chi connectivity index (χ2v) is 6.13. The Morgan fingerprint density at radius 3 is 2.08 bits per heavy atom. The van der Waals surface area contributed by atoms with Crippen molar-refractivity contribution in [1.82, 2.24) is 15.1 Å². The molecule has 1 saturated heterocycles. The van der Waals surface area contributed by atoms with Gasteiger partial charge in [0.05, 0.1) is 13.0 Å². The van der Waals surface area contributed by atoms with Crippen LogP contribution in [0.25, 0.3) is 0 Å². The molecular formula is C17H22ClN3O3. The average Bonchev–Trinajstić information content (AvgIpc) is 2.61. The number of halogens is 1. The summed E-state index contributed by atoms with van der Waals surface area (Å²) < 4.78 is 0. The minimum Gasteiger partial charge on any atom is -0.347 e. The molecule has 2 rings (SSSR count). The van der Waals surface area contributed by atoms with Crippen molar-refractivity contribution in [1.29, 1.82) is 0 Å². The van der Waals surface area contributed by atoms with Crippen LogP contribution in [0.1, 0.15) is 18.9 Å². The lowest BCUT2D eigenvalue weighted by Crippen LogP contribution is -2.52. The van der Waals surface area contributed by atoms with E-state index in [9.17, 15) is 14.4 Å². The van der Waals surface area contributed by atoms with Crippen LogP contribution in [-0.4, -0.2) is 60.2 Å². The zero-order valence-electron chi connectivity index (χ0n) is 13.8. The van der Waals surface area contributed by atoms with Crippen LogP contribution in [0.5, 0.6) is 0 Å². The van der Waals surface area contributed by atoms with Gasteiger partial charge >= 0.3 is 0 Å². The molecule has 0 radical (unpaired) electrons. The summed E-state index contributed by atoms with van der Waals surface area (Å²) in [6, 6.07) is 7.23. The van der Waals surface area contributed by atoms with Gasteiger partial charge in [0.25, 0.3) is 0 Å². The van der Waals surface area contributed by atoms with E-state index in [0.717, 1.165) is 5.56 Å². The van der Waals surface area contributed by atoms with E-state index in [1.807, 2.05) is 12.1 Å². The van der Waals surface area contributed by atoms with Gasteiger partial charge in [-0.2, -0.15) is 0 Å². The summed E-state index contributed by atoms with van der Waals surface area (Å²) in [5, 5.41) is 3.23. The van der Waals surface area contributed by atoms with Crippen molar-refractivity contribution in [2.75, 3.05) is 32.7 Å². The highest BCUT2D eigenvalue weighted by molar-refractivity contribution is 6.30. The van der Waals surface area contributed by atoms with Gasteiger partial charge in [-0.25, -0.2) is 0 Å². The summed E-state index contributed by atoms with van der Waals surface area (Å²) in [6.45, 7) is 3.77. The van der Waals surface area contributed by atoms with Crippen molar-refractivity contribution in [2.45, 2.75) is 19.8 Å². The Labute approximate surface area is 146 Å². The molecule has 0 atom stereocenters. The summed E-state index contributed by atoms with van der Waals surface area (Å²) in [4.78, 5) is 39.0. The maximum atomic E-state index is 12.3. The summed E-state index contributed by atoms with van der Waals surface area (Å²) >= 11 is 5.84. The number of piperazine rings is 1. The van der Waals surface area contributed by atoms with Gasteiger partial charge in [-0.15, -0.1) is 0 Å². The van der Waals surface area contributed by atoms with Crippen LogP contribution < -0.4 is 5.32 Å². The molecule has 1 aliphatic heterocycles. The van der Waals surface area contributed by atoms with E-state index in [2.05, 4.69) is 5.32 Å². The summed E-state index contributed by atoms with van der Waals surface area (Å²) in [7, 11) is 0. The van der Waals surface area contributed by atoms with Crippen molar-refractivity contribution in [3.05, 3.63) is 34.9 Å². The minimum atomic E-state index is -0.139. The van der Waals surface area contributed by atoms with Crippen molar-refractivity contribution in [3.8, 4) is 0 Å². The lowest BCUT2D eigenvalue weighted by molar-refractivity contribution is -0.139. The Morgan fingerprint density at radius 2 is 1.54 bits per heavy atom. The highest BCUT2D eigenvalue weighted by Gasteiger charge is 2.24. The molecular weight excluding hydrogens is 330 g/mol. The quantitative estimate of drug-likeness (QED) is 0.863. The van der Waals surface area contributed by atoms with Crippen LogP contribution >= 0.6 is 11.6 Å². The van der Waals surface area contributed by atoms with E-state index < -0.39 is 0 Å². The highest BCUT2D eigenvalue weighted by atomic mass is 35.5. The molecule has 1 fully saturated rings. The fraction of sp³-hybridized carbons (Fsp3) is 0.471. The molecule has 0 spiro atoms. The van der Waals surface area contributed by atoms with Crippen LogP contribution in [0, 0.1) is 0 Å². The molecule has 24 heavy (non-hydrogen) atoms. The first kappa shape index (κ1) is 18.3. The van der Waals surface area contributed by atoms with Gasteiger partial charge in [-0.1, -0.05) is 30.7 Å². The molecule has 6 nitrogen and oxygen atoms in total. The number of rotatable bonds is 5. The van der Waals surface area contributed by atoms with Gasteiger partial charge in [0.1, 0.15) is 0 Å². The topological polar surface area (TPSA) is 69.7 Å². The molecule has 1 N–H and O–H groups in total. The predicted molar refractivity (Wildman–Crippen MR) is 91.6 cm³/mol. The second kappa shape index (κ2) is 8.68. The first-order valence-corrected chi connectivity index (χ1v) is 8.44. The highest BCUT2D eigenvalue weighted by Crippen LogP contribution is 2.12. The van der Waals surface area contributed by atoms with Gasteiger partial charge in [0.2, 0.25) is 17.7 Å². The van der Waals surface area contributed by atoms with E-state index in [1.54, 1.807) is 28.9 Å². The number of nitrogens with zero attached hydrogens (tertiary/aromatic N) is 2. The predicted octanol–water partition coefficient (Wildman–Crippen LogP) is 1.08. The smallest absolute Gasteiger partial charge is 0.242 e. The lowest BCUT2D eigenvalue weighted by atomic mass is 10.1. The zero-order chi connectivity index (χ0) is 17.5. The molecule has 3 amide bonds. The number of benzene rings is 1. The molecule has 130 valence electrons. The molecule has 1 aromatic carbocycles. The molecule has 0 bridgehead atoms. The van der Waals surface area contributed by atoms with Crippen LogP contribution in [0.3, 0.4) is 0 Å². The standard InChI is InChI=1S/C17H22ClN3O3/c1-2-15(22)19-12-17(24)21-9-7-20(8-10-21)16(23)11-13-3-5-14(18)6-4-13/h3-6H,2,7-12H2,1H3,(H,19,22). The van der Waals surface area contributed by atoms with Crippen LogP contribution in [-0.2, 0) is 20.8 Å². The summed E-state index contributed by atoms with van der Waals surface area (Å²) in [5.41, 5.74) is 0.921. The molecule has 0 aromatic heterocycles. The minimum absolute atomic E-state index is 0.0192. The molecule has 0 saturated carbocycles. The summed E-state index contributed by atoms with van der Waals surface area (Å²) in [6.07, 6.45) is 0.692. The number of hydrogen-bond acceptors (Lipinski definition) is 3. The Bertz CT molecular complexity index is 596. The zero-order valence-corrected chi connectivity index (χ0v) is 14.5. The molecule has 0 aliphatic carbocycles. The summed E-state index contributed by atoms with van der Waals surface area (Å²) in [5.74, 6) is -0.203. The molecule has 1 heterocycles. The van der Waals surface area contributed by atoms with Crippen LogP contribution in [0.15, 0.2) is 24.3 Å². The Hall–Kier alpha value is -2.08. The lowest BCUT2D eigenvalue weighted by Gasteiger charge is -2.35. The molecule has 1 aliphatic rings. The van der Waals surface area contributed by atoms with Crippen LogP contribution in [0.4, 0.5) is 0 Å². The SMILES string of the molecule is CCC(=O)NCC(=O)N1CCN(C(=O)Cc2ccc(Cl)cc2)CC1. The van der Waals surface area contributed by atoms with Gasteiger partial charge in [-0.05, 0) is 17.7 Å². The van der Waals surface area contributed by atoms with Gasteiger partial charge < -0.3 is 15.1 Å². The number of amides is 3. The van der Waals surface area contributed by atoms with E-state index in [-0.39, 0.29) is 24.3 Å². The number of carbonyl (C=O) groups excluding carboxylic acids is 3. The number of carbonyl (C=O) groups is 3. The average molecular weight is 352 g/mol. The fourth-order valence-corrected chi connectivity index (χ4v) is 2.63. The second-order valence-electron chi connectivity index (χ2n) is 5.70. The molecule has 0 unspecified atom stereocenters. The van der Waals surface area contributed by atoms with E-state index in [0.29, 0.717) is 44.0 Å². The van der Waals surface area contributed by atoms with Crippen LogP contribution in [0.2, 0.25) is 5.02 Å². The Balaban J connectivity index is 1.77. The first-order chi connectivity index (χ1) is 11.5.